The predicted molar refractivity (Wildman–Crippen MR) is 261 cm³/mol. The molecule has 0 aliphatic carbocycles. The van der Waals surface area contributed by atoms with Gasteiger partial charge < -0.3 is 9.13 Å². The van der Waals surface area contributed by atoms with Gasteiger partial charge in [-0.15, -0.1) is 0 Å². The molecule has 4 heterocycles. The molecule has 63 heavy (non-hydrogen) atoms. The van der Waals surface area contributed by atoms with E-state index in [1.807, 2.05) is 0 Å². The van der Waals surface area contributed by atoms with E-state index in [0.29, 0.717) is 5.82 Å². The Balaban J connectivity index is 1.04. The van der Waals surface area contributed by atoms with Gasteiger partial charge in [-0.05, 0) is 96.1 Å². The Bertz CT molecular complexity index is 3770. The van der Waals surface area contributed by atoms with E-state index in [1.165, 1.54) is 43.6 Å². The minimum atomic E-state index is 0.668. The van der Waals surface area contributed by atoms with Crippen molar-refractivity contribution in [3.63, 3.8) is 0 Å². The molecule has 0 amide bonds. The van der Waals surface area contributed by atoms with Crippen molar-refractivity contribution in [1.82, 2.24) is 23.7 Å². The van der Waals surface area contributed by atoms with E-state index in [-0.39, 0.29) is 0 Å². The molecule has 5 heteroatoms. The second-order valence-electron chi connectivity index (χ2n) is 16.2. The fourth-order valence-electron chi connectivity index (χ4n) is 9.82. The van der Waals surface area contributed by atoms with Gasteiger partial charge in [0.15, 0.2) is 5.82 Å². The van der Waals surface area contributed by atoms with Crippen LogP contribution in [0, 0.1) is 0 Å². The van der Waals surface area contributed by atoms with Crippen molar-refractivity contribution in [2.45, 2.75) is 0 Å². The maximum absolute atomic E-state index is 5.55. The molecule has 0 aliphatic heterocycles. The van der Waals surface area contributed by atoms with Gasteiger partial charge in [-0.3, -0.25) is 4.57 Å². The molecule has 0 radical (unpaired) electrons. The fraction of sp³-hybridized carbons (Fsp3) is 0. The molecule has 0 bridgehead atoms. The van der Waals surface area contributed by atoms with E-state index in [4.69, 9.17) is 9.97 Å². The monoisotopic (exact) mass is 803 g/mol. The van der Waals surface area contributed by atoms with Crippen LogP contribution >= 0.6 is 0 Å². The van der Waals surface area contributed by atoms with Gasteiger partial charge in [0.1, 0.15) is 5.65 Å². The first-order valence-corrected chi connectivity index (χ1v) is 21.4. The number of fused-ring (bicyclic) bond motifs is 9. The van der Waals surface area contributed by atoms with E-state index >= 15 is 0 Å². The number of rotatable bonds is 6. The molecule has 9 aromatic carbocycles. The maximum Gasteiger partial charge on any atom is 0.162 e. The lowest BCUT2D eigenvalue weighted by Crippen LogP contribution is -2.00. The standard InChI is InChI=1S/C58H37N5/c1-3-15-38(16-4-1)41-31-36-54-49(37-41)55-56(39-27-32-43(33-28-39)61-50-23-11-7-19-45(50)46-20-8-12-24-51(46)61)59-57(60-58(55)63(54)42-17-5-2-6-18-42)40-29-34-44(35-30-40)62-52-25-13-9-21-47(52)48-22-10-14-26-53(48)62/h1-37H. The number of nitrogens with zero attached hydrogens (tertiary/aromatic N) is 5. The highest BCUT2D eigenvalue weighted by atomic mass is 15.1. The second-order valence-corrected chi connectivity index (χ2v) is 16.2. The normalized spacial score (nSPS) is 11.8. The topological polar surface area (TPSA) is 40.6 Å². The average molecular weight is 804 g/mol. The first-order chi connectivity index (χ1) is 31.3. The Morgan fingerprint density at radius 3 is 1.21 bits per heavy atom. The molecule has 0 saturated carbocycles. The number of aromatic nitrogens is 5. The third-order valence-corrected chi connectivity index (χ3v) is 12.7. The number of hydrogen-bond acceptors (Lipinski definition) is 2. The van der Waals surface area contributed by atoms with Gasteiger partial charge in [-0.2, -0.15) is 0 Å². The lowest BCUT2D eigenvalue weighted by Gasteiger charge is -2.12. The largest absolute Gasteiger partial charge is 0.309 e. The molecule has 0 unspecified atom stereocenters. The molecular formula is C58H37N5. The van der Waals surface area contributed by atoms with E-state index < -0.39 is 0 Å². The molecular weight excluding hydrogens is 767 g/mol. The van der Waals surface area contributed by atoms with Gasteiger partial charge in [0.05, 0.1) is 38.7 Å². The molecule has 5 nitrogen and oxygen atoms in total. The third kappa shape index (κ3) is 5.50. The first kappa shape index (κ1) is 35.2. The molecule has 13 rings (SSSR count). The van der Waals surface area contributed by atoms with Crippen LogP contribution in [-0.2, 0) is 0 Å². The predicted octanol–water partition coefficient (Wildman–Crippen LogP) is 14.8. The molecule has 0 aliphatic rings. The summed E-state index contributed by atoms with van der Waals surface area (Å²) < 4.78 is 7.01. The zero-order valence-electron chi connectivity index (χ0n) is 34.1. The molecule has 294 valence electrons. The Hall–Kier alpha value is -8.54. The summed E-state index contributed by atoms with van der Waals surface area (Å²) in [7, 11) is 0. The molecule has 0 atom stereocenters. The summed E-state index contributed by atoms with van der Waals surface area (Å²) in [5, 5.41) is 7.08. The van der Waals surface area contributed by atoms with E-state index in [0.717, 1.165) is 66.9 Å². The van der Waals surface area contributed by atoms with Crippen LogP contribution in [0.25, 0.3) is 116 Å². The van der Waals surface area contributed by atoms with Crippen molar-refractivity contribution in [2.24, 2.45) is 0 Å². The van der Waals surface area contributed by atoms with Crippen molar-refractivity contribution >= 4 is 65.5 Å². The minimum Gasteiger partial charge on any atom is -0.309 e. The van der Waals surface area contributed by atoms with Crippen LogP contribution < -0.4 is 0 Å². The van der Waals surface area contributed by atoms with Crippen molar-refractivity contribution in [3.8, 4) is 50.8 Å². The zero-order chi connectivity index (χ0) is 41.4. The van der Waals surface area contributed by atoms with Crippen molar-refractivity contribution in [1.29, 1.82) is 0 Å². The van der Waals surface area contributed by atoms with Crippen LogP contribution in [0.4, 0.5) is 0 Å². The number of hydrogen-bond donors (Lipinski definition) is 0. The van der Waals surface area contributed by atoms with Crippen molar-refractivity contribution < 1.29 is 0 Å². The fourth-order valence-corrected chi connectivity index (χ4v) is 9.82. The van der Waals surface area contributed by atoms with Crippen LogP contribution in [0.1, 0.15) is 0 Å². The smallest absolute Gasteiger partial charge is 0.162 e. The zero-order valence-corrected chi connectivity index (χ0v) is 34.1. The van der Waals surface area contributed by atoms with Crippen LogP contribution in [0.5, 0.6) is 0 Å². The van der Waals surface area contributed by atoms with Crippen LogP contribution in [-0.4, -0.2) is 23.7 Å². The van der Waals surface area contributed by atoms with Gasteiger partial charge in [0.2, 0.25) is 0 Å². The van der Waals surface area contributed by atoms with Gasteiger partial charge >= 0.3 is 0 Å². The third-order valence-electron chi connectivity index (χ3n) is 12.7. The lowest BCUT2D eigenvalue weighted by molar-refractivity contribution is 1.11. The number of benzene rings is 9. The Morgan fingerprint density at radius 1 is 0.270 bits per heavy atom. The first-order valence-electron chi connectivity index (χ1n) is 21.4. The molecule has 0 saturated heterocycles. The summed E-state index contributed by atoms with van der Waals surface area (Å²) >= 11 is 0. The molecule has 13 aromatic rings. The summed E-state index contributed by atoms with van der Waals surface area (Å²) in [6, 6.07) is 80.1. The van der Waals surface area contributed by atoms with E-state index in [9.17, 15) is 0 Å². The Labute approximate surface area is 363 Å². The highest BCUT2D eigenvalue weighted by molar-refractivity contribution is 6.15. The van der Waals surface area contributed by atoms with E-state index in [2.05, 4.69) is 238 Å². The maximum atomic E-state index is 5.55. The van der Waals surface area contributed by atoms with Crippen LogP contribution in [0.3, 0.4) is 0 Å². The quantitative estimate of drug-likeness (QED) is 0.168. The van der Waals surface area contributed by atoms with Gasteiger partial charge in [0, 0.05) is 55.1 Å². The van der Waals surface area contributed by atoms with Crippen LogP contribution in [0.15, 0.2) is 224 Å². The molecule has 0 N–H and O–H groups in total. The van der Waals surface area contributed by atoms with E-state index in [1.54, 1.807) is 0 Å². The molecule has 0 fully saturated rings. The Kier molecular flexibility index (Phi) is 7.84. The van der Waals surface area contributed by atoms with Gasteiger partial charge in [-0.1, -0.05) is 140 Å². The summed E-state index contributed by atoms with van der Waals surface area (Å²) in [5.41, 5.74) is 15.1. The number of para-hydroxylation sites is 5. The summed E-state index contributed by atoms with van der Waals surface area (Å²) in [4.78, 5) is 11.1. The van der Waals surface area contributed by atoms with Crippen LogP contribution in [0.2, 0.25) is 0 Å². The summed E-state index contributed by atoms with van der Waals surface area (Å²) in [6.07, 6.45) is 0. The van der Waals surface area contributed by atoms with Gasteiger partial charge in [0.25, 0.3) is 0 Å². The highest BCUT2D eigenvalue weighted by Crippen LogP contribution is 2.41. The SMILES string of the molecule is c1ccc(-c2ccc3c(c2)c2c(-c4ccc(-n5c6ccccc6c6ccccc65)cc4)nc(-c4ccc(-n5c6ccccc6c6ccccc65)cc4)nc2n3-c2ccccc2)cc1. The molecule has 0 spiro atoms. The van der Waals surface area contributed by atoms with Crippen molar-refractivity contribution in [3.05, 3.63) is 224 Å². The lowest BCUT2D eigenvalue weighted by atomic mass is 10.0. The summed E-state index contributed by atoms with van der Waals surface area (Å²) in [5.74, 6) is 0.668. The minimum absolute atomic E-state index is 0.668. The molecule has 4 aromatic heterocycles. The van der Waals surface area contributed by atoms with Gasteiger partial charge in [-0.25, -0.2) is 9.97 Å². The van der Waals surface area contributed by atoms with Crippen molar-refractivity contribution in [2.75, 3.05) is 0 Å². The highest BCUT2D eigenvalue weighted by Gasteiger charge is 2.22. The average Bonchev–Trinajstić information content (AvgIpc) is 4.00. The Morgan fingerprint density at radius 2 is 0.683 bits per heavy atom. The summed E-state index contributed by atoms with van der Waals surface area (Å²) in [6.45, 7) is 0. The second kappa shape index (κ2) is 14.0.